The zero-order chi connectivity index (χ0) is 12.5. The summed E-state index contributed by atoms with van der Waals surface area (Å²) in [5, 5.41) is 8.58. The number of piperidine rings is 1. The van der Waals surface area contributed by atoms with E-state index >= 15 is 0 Å². The van der Waals surface area contributed by atoms with Gasteiger partial charge in [0.2, 0.25) is 0 Å². The molecule has 1 saturated heterocycles. The Kier molecular flexibility index (Phi) is 2.82. The predicted octanol–water partition coefficient (Wildman–Crippen LogP) is 2.77. The van der Waals surface area contributed by atoms with E-state index in [-0.39, 0.29) is 0 Å². The Hall–Kier alpha value is -1.77. The first kappa shape index (κ1) is 11.3. The van der Waals surface area contributed by atoms with Gasteiger partial charge in [-0.2, -0.15) is 0 Å². The average Bonchev–Trinajstić information content (AvgIpc) is 2.99. The van der Waals surface area contributed by atoms with E-state index in [9.17, 15) is 4.79 Å². The zero-order valence-corrected chi connectivity index (χ0v) is 10.2. The van der Waals surface area contributed by atoms with Gasteiger partial charge in [-0.15, -0.1) is 0 Å². The summed E-state index contributed by atoms with van der Waals surface area (Å²) in [7, 11) is 0. The van der Waals surface area contributed by atoms with Crippen LogP contribution in [0.2, 0.25) is 0 Å². The molecular weight excluding hydrogens is 226 g/mol. The largest absolute Gasteiger partial charge is 0.478 e. The zero-order valence-electron chi connectivity index (χ0n) is 10.2. The van der Waals surface area contributed by atoms with Crippen molar-refractivity contribution in [2.45, 2.75) is 25.3 Å². The average molecular weight is 243 g/mol. The molecule has 94 valence electrons. The van der Waals surface area contributed by atoms with E-state index in [0.717, 1.165) is 17.5 Å². The van der Waals surface area contributed by atoms with E-state index in [1.54, 1.807) is 6.08 Å². The molecular formula is C15H17NO2. The van der Waals surface area contributed by atoms with Crippen molar-refractivity contribution >= 4 is 17.7 Å². The molecule has 1 aromatic carbocycles. The molecule has 3 nitrogen and oxygen atoms in total. The van der Waals surface area contributed by atoms with E-state index in [1.807, 2.05) is 12.1 Å². The van der Waals surface area contributed by atoms with E-state index in [1.165, 1.54) is 37.6 Å². The highest BCUT2D eigenvalue weighted by molar-refractivity contribution is 5.85. The van der Waals surface area contributed by atoms with Crippen molar-refractivity contribution in [1.82, 2.24) is 0 Å². The van der Waals surface area contributed by atoms with Crippen LogP contribution in [-0.4, -0.2) is 23.7 Å². The van der Waals surface area contributed by atoms with Gasteiger partial charge in [0, 0.05) is 24.4 Å². The third-order valence-corrected chi connectivity index (χ3v) is 4.05. The molecule has 3 rings (SSSR count). The summed E-state index contributed by atoms with van der Waals surface area (Å²) < 4.78 is 0. The van der Waals surface area contributed by atoms with Crippen LogP contribution >= 0.6 is 0 Å². The maximum atomic E-state index is 10.4. The van der Waals surface area contributed by atoms with Crippen LogP contribution in [0.25, 0.3) is 6.08 Å². The standard InChI is InChI=1S/C15H17NO2/c17-15(18)8-4-11-1-5-13(6-2-11)16-10-12-3-7-14(16)9-12/h1-2,4-6,8,12,14H,3,7,9-10H2,(H,17,18)/b8-4+. The molecule has 1 heterocycles. The number of nitrogens with zero attached hydrogens (tertiary/aromatic N) is 1. The number of carbonyl (C=O) groups is 1. The molecule has 2 aliphatic rings. The smallest absolute Gasteiger partial charge is 0.328 e. The van der Waals surface area contributed by atoms with E-state index in [0.29, 0.717) is 0 Å². The van der Waals surface area contributed by atoms with Crippen LogP contribution in [0, 0.1) is 5.92 Å². The van der Waals surface area contributed by atoms with Crippen molar-refractivity contribution in [3.63, 3.8) is 0 Å². The molecule has 0 aromatic heterocycles. The Bertz CT molecular complexity index is 478. The Balaban J connectivity index is 1.73. The summed E-state index contributed by atoms with van der Waals surface area (Å²) in [5.74, 6) is -0.0162. The Morgan fingerprint density at radius 2 is 2.06 bits per heavy atom. The van der Waals surface area contributed by atoms with Gasteiger partial charge in [-0.05, 0) is 49.0 Å². The van der Waals surface area contributed by atoms with Gasteiger partial charge >= 0.3 is 5.97 Å². The lowest BCUT2D eigenvalue weighted by Gasteiger charge is -2.29. The molecule has 0 radical (unpaired) electrons. The number of hydrogen-bond acceptors (Lipinski definition) is 2. The molecule has 2 fully saturated rings. The first-order valence-corrected chi connectivity index (χ1v) is 6.50. The first-order valence-electron chi connectivity index (χ1n) is 6.50. The molecule has 1 aliphatic heterocycles. The fourth-order valence-electron chi connectivity index (χ4n) is 3.19. The van der Waals surface area contributed by atoms with E-state index in [4.69, 9.17) is 5.11 Å². The van der Waals surface area contributed by atoms with Crippen molar-refractivity contribution in [1.29, 1.82) is 0 Å². The summed E-state index contributed by atoms with van der Waals surface area (Å²) in [6.07, 6.45) is 6.86. The van der Waals surface area contributed by atoms with Gasteiger partial charge in [0.05, 0.1) is 0 Å². The van der Waals surface area contributed by atoms with Crippen LogP contribution < -0.4 is 4.90 Å². The number of carboxylic acids is 1. The second kappa shape index (κ2) is 4.48. The fraction of sp³-hybridized carbons (Fsp3) is 0.400. The van der Waals surface area contributed by atoms with Gasteiger partial charge < -0.3 is 10.0 Å². The van der Waals surface area contributed by atoms with Gasteiger partial charge in [-0.25, -0.2) is 4.79 Å². The van der Waals surface area contributed by atoms with Crippen molar-refractivity contribution < 1.29 is 9.90 Å². The maximum Gasteiger partial charge on any atom is 0.328 e. The molecule has 1 aliphatic carbocycles. The molecule has 1 saturated carbocycles. The van der Waals surface area contributed by atoms with Crippen molar-refractivity contribution in [3.05, 3.63) is 35.9 Å². The number of hydrogen-bond donors (Lipinski definition) is 1. The molecule has 3 heteroatoms. The highest BCUT2D eigenvalue weighted by Crippen LogP contribution is 2.40. The molecule has 1 aromatic rings. The van der Waals surface area contributed by atoms with Gasteiger partial charge in [-0.3, -0.25) is 0 Å². The number of rotatable bonds is 3. The SMILES string of the molecule is O=C(O)/C=C/c1ccc(N2CC3CCC2C3)cc1. The Labute approximate surface area is 107 Å². The number of aliphatic carboxylic acids is 1. The van der Waals surface area contributed by atoms with Crippen LogP contribution in [0.4, 0.5) is 5.69 Å². The molecule has 2 atom stereocenters. The van der Waals surface area contributed by atoms with Crippen LogP contribution in [0.1, 0.15) is 24.8 Å². The molecule has 0 spiro atoms. The van der Waals surface area contributed by atoms with Gasteiger partial charge in [0.15, 0.2) is 0 Å². The van der Waals surface area contributed by atoms with Crippen LogP contribution in [0.3, 0.4) is 0 Å². The summed E-state index contributed by atoms with van der Waals surface area (Å²) in [5.41, 5.74) is 2.21. The minimum atomic E-state index is -0.907. The van der Waals surface area contributed by atoms with E-state index in [2.05, 4.69) is 17.0 Å². The van der Waals surface area contributed by atoms with Crippen molar-refractivity contribution in [2.24, 2.45) is 5.92 Å². The third kappa shape index (κ3) is 2.13. The molecule has 2 unspecified atom stereocenters. The minimum Gasteiger partial charge on any atom is -0.478 e. The maximum absolute atomic E-state index is 10.4. The monoisotopic (exact) mass is 243 g/mol. The summed E-state index contributed by atoms with van der Waals surface area (Å²) in [6.45, 7) is 1.19. The fourth-order valence-corrected chi connectivity index (χ4v) is 3.19. The Morgan fingerprint density at radius 3 is 2.61 bits per heavy atom. The van der Waals surface area contributed by atoms with Crippen molar-refractivity contribution in [3.8, 4) is 0 Å². The molecule has 1 N–H and O–H groups in total. The quantitative estimate of drug-likeness (QED) is 0.830. The number of fused-ring (bicyclic) bond motifs is 2. The second-order valence-electron chi connectivity index (χ2n) is 5.25. The summed E-state index contributed by atoms with van der Waals surface area (Å²) in [6, 6.07) is 8.90. The van der Waals surface area contributed by atoms with E-state index < -0.39 is 5.97 Å². The first-order chi connectivity index (χ1) is 8.72. The van der Waals surface area contributed by atoms with Crippen LogP contribution in [0.5, 0.6) is 0 Å². The summed E-state index contributed by atoms with van der Waals surface area (Å²) in [4.78, 5) is 12.9. The lowest BCUT2D eigenvalue weighted by molar-refractivity contribution is -0.131. The van der Waals surface area contributed by atoms with Gasteiger partial charge in [-0.1, -0.05) is 12.1 Å². The number of benzene rings is 1. The lowest BCUT2D eigenvalue weighted by Crippen LogP contribution is -2.31. The topological polar surface area (TPSA) is 40.5 Å². The molecule has 2 bridgehead atoms. The molecule has 0 amide bonds. The predicted molar refractivity (Wildman–Crippen MR) is 71.6 cm³/mol. The number of carboxylic acid groups (broad SMARTS) is 1. The lowest BCUT2D eigenvalue weighted by atomic mass is 10.1. The summed E-state index contributed by atoms with van der Waals surface area (Å²) >= 11 is 0. The Morgan fingerprint density at radius 1 is 1.28 bits per heavy atom. The van der Waals surface area contributed by atoms with Gasteiger partial charge in [0.1, 0.15) is 0 Å². The highest BCUT2D eigenvalue weighted by atomic mass is 16.4. The van der Waals surface area contributed by atoms with Crippen molar-refractivity contribution in [2.75, 3.05) is 11.4 Å². The second-order valence-corrected chi connectivity index (χ2v) is 5.25. The van der Waals surface area contributed by atoms with Gasteiger partial charge in [0.25, 0.3) is 0 Å². The number of anilines is 1. The third-order valence-electron chi connectivity index (χ3n) is 4.05. The molecule has 18 heavy (non-hydrogen) atoms. The normalized spacial score (nSPS) is 26.1. The highest BCUT2D eigenvalue weighted by Gasteiger charge is 2.37. The minimum absolute atomic E-state index is 0.732. The van der Waals surface area contributed by atoms with Crippen LogP contribution in [-0.2, 0) is 4.79 Å². The van der Waals surface area contributed by atoms with Crippen LogP contribution in [0.15, 0.2) is 30.3 Å².